The number of amides is 1. The van der Waals surface area contributed by atoms with Gasteiger partial charge >= 0.3 is 0 Å². The summed E-state index contributed by atoms with van der Waals surface area (Å²) in [6, 6.07) is 13.7. The predicted molar refractivity (Wildman–Crippen MR) is 82.9 cm³/mol. The highest BCUT2D eigenvalue weighted by molar-refractivity contribution is 5.95. The maximum Gasteiger partial charge on any atom is 0.251 e. The quantitative estimate of drug-likeness (QED) is 0.879. The summed E-state index contributed by atoms with van der Waals surface area (Å²) in [4.78, 5) is 11.8. The van der Waals surface area contributed by atoms with E-state index < -0.39 is 0 Å². The number of nitrogens with one attached hydrogen (secondary N) is 2. The monoisotopic (exact) mass is 286 g/mol. The molecule has 4 heteroatoms. The maximum atomic E-state index is 13.7. The second-order valence-electron chi connectivity index (χ2n) is 4.83. The van der Waals surface area contributed by atoms with Crippen LogP contribution in [0.1, 0.15) is 35.8 Å². The summed E-state index contributed by atoms with van der Waals surface area (Å²) in [5.41, 5.74) is 1.97. The summed E-state index contributed by atoms with van der Waals surface area (Å²) < 4.78 is 13.7. The Morgan fingerprint density at radius 2 is 1.95 bits per heavy atom. The van der Waals surface area contributed by atoms with E-state index in [-0.39, 0.29) is 17.8 Å². The van der Waals surface area contributed by atoms with Gasteiger partial charge in [-0.1, -0.05) is 24.3 Å². The molecule has 1 amide bonds. The summed E-state index contributed by atoms with van der Waals surface area (Å²) in [7, 11) is 0. The van der Waals surface area contributed by atoms with E-state index in [1.165, 1.54) is 6.07 Å². The molecule has 2 rings (SSSR count). The van der Waals surface area contributed by atoms with Gasteiger partial charge in [0.2, 0.25) is 0 Å². The normalized spacial score (nSPS) is 11.8. The van der Waals surface area contributed by atoms with Crippen molar-refractivity contribution in [1.82, 2.24) is 5.32 Å². The van der Waals surface area contributed by atoms with Crippen molar-refractivity contribution >= 4 is 11.6 Å². The zero-order valence-electron chi connectivity index (χ0n) is 12.2. The predicted octanol–water partition coefficient (Wildman–Crippen LogP) is 3.75. The second-order valence-corrected chi connectivity index (χ2v) is 4.83. The highest BCUT2D eigenvalue weighted by atomic mass is 19.1. The molecule has 2 aromatic carbocycles. The molecule has 0 saturated heterocycles. The Bertz CT molecular complexity index is 628. The van der Waals surface area contributed by atoms with Gasteiger partial charge < -0.3 is 10.6 Å². The van der Waals surface area contributed by atoms with E-state index in [4.69, 9.17) is 0 Å². The van der Waals surface area contributed by atoms with Crippen LogP contribution in [0.15, 0.2) is 48.5 Å². The minimum Gasteiger partial charge on any atom is -0.378 e. The molecule has 0 bridgehead atoms. The summed E-state index contributed by atoms with van der Waals surface area (Å²) in [5.74, 6) is -0.350. The van der Waals surface area contributed by atoms with Crippen LogP contribution in [0, 0.1) is 5.82 Å². The number of halogens is 1. The van der Waals surface area contributed by atoms with Crippen molar-refractivity contribution in [2.45, 2.75) is 19.9 Å². The number of carbonyl (C=O) groups excluding carboxylic acids is 1. The number of hydrogen-bond acceptors (Lipinski definition) is 2. The van der Waals surface area contributed by atoms with Crippen LogP contribution in [0.5, 0.6) is 0 Å². The minimum absolute atomic E-state index is 0.111. The van der Waals surface area contributed by atoms with Crippen LogP contribution in [-0.4, -0.2) is 12.5 Å². The summed E-state index contributed by atoms with van der Waals surface area (Å²) >= 11 is 0. The molecular formula is C17H19FN2O. The Morgan fingerprint density at radius 1 is 1.19 bits per heavy atom. The van der Waals surface area contributed by atoms with Gasteiger partial charge in [-0.15, -0.1) is 0 Å². The van der Waals surface area contributed by atoms with Gasteiger partial charge in [-0.05, 0) is 38.1 Å². The van der Waals surface area contributed by atoms with Gasteiger partial charge in [-0.3, -0.25) is 4.79 Å². The summed E-state index contributed by atoms with van der Waals surface area (Å²) in [6.07, 6.45) is 0. The lowest BCUT2D eigenvalue weighted by Gasteiger charge is -2.17. The Balaban J connectivity index is 2.15. The molecule has 0 fully saturated rings. The van der Waals surface area contributed by atoms with E-state index in [1.54, 1.807) is 30.3 Å². The molecule has 0 spiro atoms. The topological polar surface area (TPSA) is 41.1 Å². The lowest BCUT2D eigenvalue weighted by molar-refractivity contribution is 0.0956. The highest BCUT2D eigenvalue weighted by Crippen LogP contribution is 2.22. The molecule has 110 valence electrons. The number of benzene rings is 2. The van der Waals surface area contributed by atoms with Crippen LogP contribution in [0.3, 0.4) is 0 Å². The molecule has 1 unspecified atom stereocenters. The zero-order valence-corrected chi connectivity index (χ0v) is 12.2. The Kier molecular flexibility index (Phi) is 4.93. The molecule has 0 heterocycles. The average molecular weight is 286 g/mol. The third-order valence-corrected chi connectivity index (χ3v) is 3.22. The Hall–Kier alpha value is -2.36. The smallest absolute Gasteiger partial charge is 0.251 e. The molecule has 0 saturated carbocycles. The third-order valence-electron chi connectivity index (χ3n) is 3.22. The maximum absolute atomic E-state index is 13.7. The van der Waals surface area contributed by atoms with Gasteiger partial charge in [-0.2, -0.15) is 0 Å². The molecular weight excluding hydrogens is 267 g/mol. The third kappa shape index (κ3) is 3.81. The fourth-order valence-corrected chi connectivity index (χ4v) is 2.17. The Labute approximate surface area is 124 Å². The van der Waals surface area contributed by atoms with E-state index in [2.05, 4.69) is 10.6 Å². The van der Waals surface area contributed by atoms with Crippen LogP contribution in [-0.2, 0) is 0 Å². The second kappa shape index (κ2) is 6.88. The minimum atomic E-state index is -0.239. The van der Waals surface area contributed by atoms with Crippen LogP contribution in [0.2, 0.25) is 0 Å². The number of hydrogen-bond donors (Lipinski definition) is 2. The van der Waals surface area contributed by atoms with Crippen LogP contribution in [0.25, 0.3) is 0 Å². The number of anilines is 1. The molecule has 0 aliphatic carbocycles. The van der Waals surface area contributed by atoms with Crippen molar-refractivity contribution in [2.75, 3.05) is 11.9 Å². The molecule has 3 nitrogen and oxygen atoms in total. The van der Waals surface area contributed by atoms with Crippen molar-refractivity contribution < 1.29 is 9.18 Å². The Morgan fingerprint density at radius 3 is 2.67 bits per heavy atom. The van der Waals surface area contributed by atoms with Gasteiger partial charge in [0.1, 0.15) is 5.82 Å². The van der Waals surface area contributed by atoms with Crippen LogP contribution < -0.4 is 10.6 Å². The molecule has 1 atom stereocenters. The van der Waals surface area contributed by atoms with Gasteiger partial charge in [0.25, 0.3) is 5.91 Å². The first-order valence-corrected chi connectivity index (χ1v) is 7.01. The molecule has 2 aromatic rings. The standard InChI is InChI=1S/C17H19FN2O/c1-3-19-17(21)13-7-6-8-14(11-13)20-12(2)15-9-4-5-10-16(15)18/h4-12,20H,3H2,1-2H3,(H,19,21). The van der Waals surface area contributed by atoms with Gasteiger partial charge in [0, 0.05) is 23.4 Å². The molecule has 0 radical (unpaired) electrons. The first kappa shape index (κ1) is 15.0. The van der Waals surface area contributed by atoms with Crippen molar-refractivity contribution in [3.8, 4) is 0 Å². The van der Waals surface area contributed by atoms with Crippen LogP contribution >= 0.6 is 0 Å². The molecule has 0 aromatic heterocycles. The van der Waals surface area contributed by atoms with Crippen molar-refractivity contribution in [1.29, 1.82) is 0 Å². The fraction of sp³-hybridized carbons (Fsp3) is 0.235. The van der Waals surface area contributed by atoms with E-state index in [0.717, 1.165) is 5.69 Å². The van der Waals surface area contributed by atoms with Gasteiger partial charge in [0.15, 0.2) is 0 Å². The number of rotatable bonds is 5. The molecule has 2 N–H and O–H groups in total. The summed E-state index contributed by atoms with van der Waals surface area (Å²) in [6.45, 7) is 4.35. The fourth-order valence-electron chi connectivity index (χ4n) is 2.17. The largest absolute Gasteiger partial charge is 0.378 e. The average Bonchev–Trinajstić information content (AvgIpc) is 2.48. The lowest BCUT2D eigenvalue weighted by Crippen LogP contribution is -2.22. The van der Waals surface area contributed by atoms with Crippen molar-refractivity contribution in [2.24, 2.45) is 0 Å². The van der Waals surface area contributed by atoms with E-state index >= 15 is 0 Å². The summed E-state index contributed by atoms with van der Waals surface area (Å²) in [5, 5.41) is 5.97. The first-order valence-electron chi connectivity index (χ1n) is 7.01. The molecule has 0 aliphatic rings. The zero-order chi connectivity index (χ0) is 15.2. The van der Waals surface area contributed by atoms with Crippen molar-refractivity contribution in [3.05, 3.63) is 65.5 Å². The van der Waals surface area contributed by atoms with E-state index in [0.29, 0.717) is 17.7 Å². The highest BCUT2D eigenvalue weighted by Gasteiger charge is 2.11. The molecule has 21 heavy (non-hydrogen) atoms. The van der Waals surface area contributed by atoms with E-state index in [1.807, 2.05) is 26.0 Å². The molecule has 0 aliphatic heterocycles. The SMILES string of the molecule is CCNC(=O)c1cccc(NC(C)c2ccccc2F)c1. The van der Waals surface area contributed by atoms with Crippen LogP contribution in [0.4, 0.5) is 10.1 Å². The van der Waals surface area contributed by atoms with E-state index in [9.17, 15) is 9.18 Å². The first-order chi connectivity index (χ1) is 10.1. The van der Waals surface area contributed by atoms with Gasteiger partial charge in [0.05, 0.1) is 6.04 Å². The number of carbonyl (C=O) groups is 1. The van der Waals surface area contributed by atoms with Crippen molar-refractivity contribution in [3.63, 3.8) is 0 Å². The lowest BCUT2D eigenvalue weighted by atomic mass is 10.1. The van der Waals surface area contributed by atoms with Gasteiger partial charge in [-0.25, -0.2) is 4.39 Å².